The first-order valence-electron chi connectivity index (χ1n) is 7.91. The number of anilines is 1. The molecule has 2 rings (SSSR count). The number of nitrogens with zero attached hydrogens (tertiary/aromatic N) is 1. The fourth-order valence-corrected chi connectivity index (χ4v) is 3.10. The molecule has 5 nitrogen and oxygen atoms in total. The van der Waals surface area contributed by atoms with Crippen molar-refractivity contribution in [3.63, 3.8) is 0 Å². The highest BCUT2D eigenvalue weighted by Crippen LogP contribution is 2.41. The SMILES string of the molecule is CCC1(CN=C(N)Nc2ccc(OC)c(OC)c2)CCCC1.I. The fourth-order valence-electron chi connectivity index (χ4n) is 3.10. The number of methoxy groups -OCH3 is 2. The molecule has 130 valence electrons. The highest BCUT2D eigenvalue weighted by atomic mass is 127. The van der Waals surface area contributed by atoms with Crippen LogP contribution < -0.4 is 20.5 Å². The molecule has 23 heavy (non-hydrogen) atoms. The monoisotopic (exact) mass is 433 g/mol. The number of hydrogen-bond donors (Lipinski definition) is 2. The normalized spacial score (nSPS) is 16.6. The first kappa shape index (κ1) is 19.9. The van der Waals surface area contributed by atoms with Gasteiger partial charge in [-0.3, -0.25) is 4.99 Å². The Kier molecular flexibility index (Phi) is 7.94. The van der Waals surface area contributed by atoms with Gasteiger partial charge in [0.2, 0.25) is 0 Å². The lowest BCUT2D eigenvalue weighted by molar-refractivity contribution is 0.297. The van der Waals surface area contributed by atoms with Gasteiger partial charge in [0, 0.05) is 18.3 Å². The van der Waals surface area contributed by atoms with Crippen LogP contribution in [0.15, 0.2) is 23.2 Å². The Labute approximate surface area is 156 Å². The summed E-state index contributed by atoms with van der Waals surface area (Å²) in [6.45, 7) is 3.05. The lowest BCUT2D eigenvalue weighted by Gasteiger charge is -2.25. The van der Waals surface area contributed by atoms with E-state index in [0.29, 0.717) is 22.9 Å². The zero-order chi connectivity index (χ0) is 16.0. The highest BCUT2D eigenvalue weighted by molar-refractivity contribution is 14.0. The van der Waals surface area contributed by atoms with Gasteiger partial charge in [0.15, 0.2) is 17.5 Å². The number of nitrogens with one attached hydrogen (secondary N) is 1. The molecule has 1 saturated carbocycles. The molecule has 6 heteroatoms. The molecule has 3 N–H and O–H groups in total. The number of halogens is 1. The van der Waals surface area contributed by atoms with E-state index in [2.05, 4.69) is 17.2 Å². The Morgan fingerprint density at radius 2 is 1.87 bits per heavy atom. The van der Waals surface area contributed by atoms with Crippen LogP contribution in [-0.2, 0) is 0 Å². The third kappa shape index (κ3) is 5.16. The zero-order valence-electron chi connectivity index (χ0n) is 14.2. The number of ether oxygens (including phenoxy) is 2. The number of guanidine groups is 1. The number of benzene rings is 1. The molecule has 0 saturated heterocycles. The van der Waals surface area contributed by atoms with E-state index < -0.39 is 0 Å². The van der Waals surface area contributed by atoms with Gasteiger partial charge in [-0.05, 0) is 36.8 Å². The predicted octanol–water partition coefficient (Wildman–Crippen LogP) is 4.02. The first-order chi connectivity index (χ1) is 10.6. The summed E-state index contributed by atoms with van der Waals surface area (Å²) in [4.78, 5) is 4.55. The summed E-state index contributed by atoms with van der Waals surface area (Å²) in [7, 11) is 3.23. The number of rotatable bonds is 6. The van der Waals surface area contributed by atoms with Crippen molar-refractivity contribution >= 4 is 35.6 Å². The summed E-state index contributed by atoms with van der Waals surface area (Å²) < 4.78 is 10.5. The Hall–Kier alpha value is -1.18. The highest BCUT2D eigenvalue weighted by Gasteiger charge is 2.31. The van der Waals surface area contributed by atoms with E-state index in [4.69, 9.17) is 15.2 Å². The number of nitrogens with two attached hydrogens (primary N) is 1. The van der Waals surface area contributed by atoms with Gasteiger partial charge >= 0.3 is 0 Å². The standard InChI is InChI=1S/C17H27N3O2.HI/c1-4-17(9-5-6-10-17)12-19-16(18)20-13-7-8-14(21-2)15(11-13)22-3;/h7-8,11H,4-6,9-10,12H2,1-3H3,(H3,18,19,20);1H. The fraction of sp³-hybridized carbons (Fsp3) is 0.588. The van der Waals surface area contributed by atoms with Crippen molar-refractivity contribution in [3.8, 4) is 11.5 Å². The average molecular weight is 433 g/mol. The third-order valence-electron chi connectivity index (χ3n) is 4.65. The minimum absolute atomic E-state index is 0. The zero-order valence-corrected chi connectivity index (χ0v) is 16.6. The van der Waals surface area contributed by atoms with Crippen molar-refractivity contribution < 1.29 is 9.47 Å². The van der Waals surface area contributed by atoms with Crippen LogP contribution in [0.5, 0.6) is 11.5 Å². The van der Waals surface area contributed by atoms with E-state index in [0.717, 1.165) is 12.2 Å². The summed E-state index contributed by atoms with van der Waals surface area (Å²) in [5.74, 6) is 1.81. The van der Waals surface area contributed by atoms with Gasteiger partial charge in [-0.25, -0.2) is 0 Å². The van der Waals surface area contributed by atoms with Crippen LogP contribution in [0.1, 0.15) is 39.0 Å². The third-order valence-corrected chi connectivity index (χ3v) is 4.65. The maximum atomic E-state index is 6.03. The molecule has 1 aliphatic carbocycles. The van der Waals surface area contributed by atoms with E-state index in [1.54, 1.807) is 14.2 Å². The second-order valence-corrected chi connectivity index (χ2v) is 5.96. The molecule has 0 aliphatic heterocycles. The van der Waals surface area contributed by atoms with Crippen LogP contribution in [0.2, 0.25) is 0 Å². The molecule has 0 atom stereocenters. The molecule has 0 spiro atoms. The van der Waals surface area contributed by atoms with Crippen LogP contribution in [0.25, 0.3) is 0 Å². The first-order valence-corrected chi connectivity index (χ1v) is 7.91. The molecular weight excluding hydrogens is 405 g/mol. The van der Waals surface area contributed by atoms with Crippen molar-refractivity contribution in [1.82, 2.24) is 0 Å². The summed E-state index contributed by atoms with van der Waals surface area (Å²) in [5, 5.41) is 3.13. The van der Waals surface area contributed by atoms with Gasteiger partial charge in [-0.2, -0.15) is 0 Å². The maximum Gasteiger partial charge on any atom is 0.193 e. The Morgan fingerprint density at radius 3 is 2.43 bits per heavy atom. The topological polar surface area (TPSA) is 68.9 Å². The van der Waals surface area contributed by atoms with Crippen molar-refractivity contribution in [2.24, 2.45) is 16.1 Å². The van der Waals surface area contributed by atoms with Crippen LogP contribution >= 0.6 is 24.0 Å². The summed E-state index contributed by atoms with van der Waals surface area (Å²) in [5.41, 5.74) is 7.22. The molecule has 0 radical (unpaired) electrons. The Morgan fingerprint density at radius 1 is 1.22 bits per heavy atom. The molecule has 0 amide bonds. The van der Waals surface area contributed by atoms with Crippen molar-refractivity contribution in [2.45, 2.75) is 39.0 Å². The predicted molar refractivity (Wildman–Crippen MR) is 106 cm³/mol. The smallest absolute Gasteiger partial charge is 0.193 e. The molecule has 1 aromatic carbocycles. The second kappa shape index (κ2) is 9.20. The van der Waals surface area contributed by atoms with Gasteiger partial charge < -0.3 is 20.5 Å². The molecule has 0 heterocycles. The van der Waals surface area contributed by atoms with Crippen LogP contribution in [0.3, 0.4) is 0 Å². The summed E-state index contributed by atoms with van der Waals surface area (Å²) >= 11 is 0. The summed E-state index contributed by atoms with van der Waals surface area (Å²) in [6.07, 6.45) is 6.31. The minimum atomic E-state index is 0. The Bertz CT molecular complexity index is 529. The van der Waals surface area contributed by atoms with E-state index in [1.807, 2.05) is 18.2 Å². The molecule has 0 aromatic heterocycles. The van der Waals surface area contributed by atoms with Crippen molar-refractivity contribution in [2.75, 3.05) is 26.1 Å². The molecule has 0 unspecified atom stereocenters. The van der Waals surface area contributed by atoms with E-state index in [-0.39, 0.29) is 24.0 Å². The molecule has 0 bridgehead atoms. The van der Waals surface area contributed by atoms with Crippen molar-refractivity contribution in [3.05, 3.63) is 18.2 Å². The van der Waals surface area contributed by atoms with Gasteiger partial charge in [0.05, 0.1) is 14.2 Å². The maximum absolute atomic E-state index is 6.03. The lowest BCUT2D eigenvalue weighted by atomic mass is 9.84. The van der Waals surface area contributed by atoms with E-state index >= 15 is 0 Å². The van der Waals surface area contributed by atoms with Gasteiger partial charge in [-0.1, -0.05) is 19.8 Å². The Balaban J connectivity index is 0.00000264. The number of aliphatic imine (C=N–C) groups is 1. The molecule has 1 fully saturated rings. The quantitative estimate of drug-likeness (QED) is 0.404. The van der Waals surface area contributed by atoms with Crippen LogP contribution in [0.4, 0.5) is 5.69 Å². The van der Waals surface area contributed by atoms with Crippen LogP contribution in [-0.4, -0.2) is 26.7 Å². The molecule has 1 aromatic rings. The van der Waals surface area contributed by atoms with Crippen molar-refractivity contribution in [1.29, 1.82) is 0 Å². The lowest BCUT2D eigenvalue weighted by Crippen LogP contribution is -2.27. The number of hydrogen-bond acceptors (Lipinski definition) is 3. The largest absolute Gasteiger partial charge is 0.493 e. The van der Waals surface area contributed by atoms with E-state index in [1.165, 1.54) is 32.1 Å². The molecule has 1 aliphatic rings. The molecular formula is C17H28IN3O2. The van der Waals surface area contributed by atoms with Gasteiger partial charge in [0.25, 0.3) is 0 Å². The van der Waals surface area contributed by atoms with E-state index in [9.17, 15) is 0 Å². The summed E-state index contributed by atoms with van der Waals surface area (Å²) in [6, 6.07) is 5.60. The minimum Gasteiger partial charge on any atom is -0.493 e. The van der Waals surface area contributed by atoms with Gasteiger partial charge in [0.1, 0.15) is 0 Å². The van der Waals surface area contributed by atoms with Crippen LogP contribution in [0, 0.1) is 5.41 Å². The second-order valence-electron chi connectivity index (χ2n) is 5.96. The average Bonchev–Trinajstić information content (AvgIpc) is 3.02. The van der Waals surface area contributed by atoms with Gasteiger partial charge in [-0.15, -0.1) is 24.0 Å².